The third-order valence-corrected chi connectivity index (χ3v) is 3.47. The molecule has 0 aliphatic carbocycles. The molecule has 1 saturated heterocycles. The maximum absolute atomic E-state index is 11.9. The molecule has 0 radical (unpaired) electrons. The van der Waals surface area contributed by atoms with Crippen molar-refractivity contribution in [2.24, 2.45) is 5.73 Å². The number of rotatable bonds is 3. The van der Waals surface area contributed by atoms with Gasteiger partial charge in [0.05, 0.1) is 17.3 Å². The number of ether oxygens (including phenoxy) is 1. The highest BCUT2D eigenvalue weighted by atomic mass is 16.5. The number of carbonyl (C=O) groups is 1. The zero-order valence-electron chi connectivity index (χ0n) is 13.2. The molecule has 1 unspecified atom stereocenters. The summed E-state index contributed by atoms with van der Waals surface area (Å²) in [5.41, 5.74) is 6.07. The summed E-state index contributed by atoms with van der Waals surface area (Å²) in [6, 6.07) is 3.69. The minimum Gasteiger partial charge on any atom is -0.367 e. The molecule has 0 bridgehead atoms. The fraction of sp³-hybridized carbons (Fsp3) is 0.600. The number of hydrogen-bond acceptors (Lipinski definition) is 5. The fourth-order valence-corrected chi connectivity index (χ4v) is 2.55. The molecule has 1 amide bonds. The van der Waals surface area contributed by atoms with E-state index in [9.17, 15) is 4.79 Å². The fourth-order valence-electron chi connectivity index (χ4n) is 2.55. The Balaban J connectivity index is 2.16. The number of pyridine rings is 1. The van der Waals surface area contributed by atoms with Gasteiger partial charge < -0.3 is 20.3 Å². The summed E-state index contributed by atoms with van der Waals surface area (Å²) in [5, 5.41) is 0. The largest absolute Gasteiger partial charge is 0.367 e. The maximum atomic E-state index is 11.9. The maximum Gasteiger partial charge on any atom is 0.254 e. The van der Waals surface area contributed by atoms with Crippen molar-refractivity contribution >= 4 is 11.7 Å². The SMILES string of the molecule is CN(C)C(=O)c1ccc(N2CC(CN)OC(C)(C)C2)nc1. The van der Waals surface area contributed by atoms with Gasteiger partial charge in [-0.15, -0.1) is 0 Å². The predicted octanol–water partition coefficient (Wildman–Crippen LogP) is 0.726. The third-order valence-electron chi connectivity index (χ3n) is 3.47. The van der Waals surface area contributed by atoms with Gasteiger partial charge in [0.2, 0.25) is 0 Å². The van der Waals surface area contributed by atoms with E-state index in [1.165, 1.54) is 0 Å². The highest BCUT2D eigenvalue weighted by Gasteiger charge is 2.33. The molecule has 1 fully saturated rings. The molecule has 2 N–H and O–H groups in total. The van der Waals surface area contributed by atoms with Crippen molar-refractivity contribution in [3.8, 4) is 0 Å². The van der Waals surface area contributed by atoms with Crippen LogP contribution in [0.3, 0.4) is 0 Å². The Morgan fingerprint density at radius 3 is 2.76 bits per heavy atom. The third kappa shape index (κ3) is 3.71. The van der Waals surface area contributed by atoms with E-state index >= 15 is 0 Å². The topological polar surface area (TPSA) is 71.7 Å². The van der Waals surface area contributed by atoms with Crippen LogP contribution in [0.4, 0.5) is 5.82 Å². The Bertz CT molecular complexity index is 499. The van der Waals surface area contributed by atoms with E-state index in [1.807, 2.05) is 26.0 Å². The second-order valence-electron chi connectivity index (χ2n) is 6.22. The first-order valence-electron chi connectivity index (χ1n) is 7.13. The van der Waals surface area contributed by atoms with Crippen molar-refractivity contribution in [1.29, 1.82) is 0 Å². The Morgan fingerprint density at radius 1 is 1.52 bits per heavy atom. The minimum atomic E-state index is -0.262. The standard InChI is InChI=1S/C15H24N4O2/c1-15(2)10-19(9-12(7-16)21-15)13-6-5-11(8-17-13)14(20)18(3)4/h5-6,8,12H,7,9-10,16H2,1-4H3. The van der Waals surface area contributed by atoms with Crippen molar-refractivity contribution in [3.05, 3.63) is 23.9 Å². The molecule has 0 spiro atoms. The molecule has 21 heavy (non-hydrogen) atoms. The molecule has 1 aromatic rings. The van der Waals surface area contributed by atoms with E-state index in [1.54, 1.807) is 25.2 Å². The summed E-state index contributed by atoms with van der Waals surface area (Å²) in [7, 11) is 3.46. The zero-order chi connectivity index (χ0) is 15.6. The summed E-state index contributed by atoms with van der Waals surface area (Å²) in [4.78, 5) is 20.0. The first kappa shape index (κ1) is 15.7. The second kappa shape index (κ2) is 5.99. The van der Waals surface area contributed by atoms with Crippen molar-refractivity contribution in [3.63, 3.8) is 0 Å². The number of anilines is 1. The minimum absolute atomic E-state index is 0.00127. The van der Waals surface area contributed by atoms with E-state index in [2.05, 4.69) is 9.88 Å². The molecule has 6 heteroatoms. The van der Waals surface area contributed by atoms with Crippen molar-refractivity contribution in [2.75, 3.05) is 38.6 Å². The Kier molecular flexibility index (Phi) is 4.49. The molecule has 2 rings (SSSR count). The first-order chi connectivity index (χ1) is 9.82. The average Bonchev–Trinajstić information content (AvgIpc) is 2.44. The number of amides is 1. The number of carbonyl (C=O) groups excluding carboxylic acids is 1. The van der Waals surface area contributed by atoms with E-state index in [0.29, 0.717) is 18.7 Å². The van der Waals surface area contributed by atoms with Crippen LogP contribution in [-0.2, 0) is 4.74 Å². The monoisotopic (exact) mass is 292 g/mol. The van der Waals surface area contributed by atoms with E-state index in [-0.39, 0.29) is 17.6 Å². The molecule has 0 saturated carbocycles. The number of aromatic nitrogens is 1. The van der Waals surface area contributed by atoms with Crippen LogP contribution in [-0.4, -0.2) is 61.2 Å². The highest BCUT2D eigenvalue weighted by Crippen LogP contribution is 2.24. The molecule has 1 aliphatic heterocycles. The normalized spacial score (nSPS) is 21.2. The van der Waals surface area contributed by atoms with Gasteiger partial charge in [-0.1, -0.05) is 0 Å². The smallest absolute Gasteiger partial charge is 0.254 e. The van der Waals surface area contributed by atoms with Crippen LogP contribution >= 0.6 is 0 Å². The average molecular weight is 292 g/mol. The van der Waals surface area contributed by atoms with Gasteiger partial charge in [-0.3, -0.25) is 4.79 Å². The first-order valence-corrected chi connectivity index (χ1v) is 7.13. The van der Waals surface area contributed by atoms with Gasteiger partial charge in [-0.25, -0.2) is 4.98 Å². The number of nitrogens with two attached hydrogens (primary N) is 1. The van der Waals surface area contributed by atoms with Gasteiger partial charge in [0, 0.05) is 39.9 Å². The lowest BCUT2D eigenvalue weighted by molar-refractivity contribution is -0.0790. The molecule has 1 aromatic heterocycles. The lowest BCUT2D eigenvalue weighted by Crippen LogP contribution is -2.55. The van der Waals surface area contributed by atoms with E-state index < -0.39 is 0 Å². The molecule has 116 valence electrons. The predicted molar refractivity (Wildman–Crippen MR) is 82.5 cm³/mol. The van der Waals surface area contributed by atoms with Gasteiger partial charge in [-0.05, 0) is 26.0 Å². The molecule has 2 heterocycles. The molecular weight excluding hydrogens is 268 g/mol. The zero-order valence-corrected chi connectivity index (χ0v) is 13.2. The quantitative estimate of drug-likeness (QED) is 0.889. The number of hydrogen-bond donors (Lipinski definition) is 1. The Morgan fingerprint density at radius 2 is 2.24 bits per heavy atom. The van der Waals surface area contributed by atoms with Crippen molar-refractivity contribution < 1.29 is 9.53 Å². The van der Waals surface area contributed by atoms with Crippen molar-refractivity contribution in [2.45, 2.75) is 25.6 Å². The second-order valence-corrected chi connectivity index (χ2v) is 6.22. The molecule has 6 nitrogen and oxygen atoms in total. The molecular formula is C15H24N4O2. The van der Waals surface area contributed by atoms with E-state index in [0.717, 1.165) is 12.4 Å². The van der Waals surface area contributed by atoms with Crippen LogP contribution in [0.1, 0.15) is 24.2 Å². The summed E-state index contributed by atoms with van der Waals surface area (Å²) in [6.07, 6.45) is 1.62. The van der Waals surface area contributed by atoms with E-state index in [4.69, 9.17) is 10.5 Å². The van der Waals surface area contributed by atoms with Gasteiger partial charge >= 0.3 is 0 Å². The van der Waals surface area contributed by atoms with Crippen LogP contribution in [0.25, 0.3) is 0 Å². The summed E-state index contributed by atoms with van der Waals surface area (Å²) < 4.78 is 5.91. The number of morpholine rings is 1. The Hall–Kier alpha value is -1.66. The summed E-state index contributed by atoms with van der Waals surface area (Å²) in [6.45, 7) is 6.04. The van der Waals surface area contributed by atoms with Gasteiger partial charge in [0.1, 0.15) is 5.82 Å². The molecule has 1 atom stereocenters. The number of nitrogens with zero attached hydrogens (tertiary/aromatic N) is 3. The van der Waals surface area contributed by atoms with Crippen LogP contribution in [0.15, 0.2) is 18.3 Å². The lowest BCUT2D eigenvalue weighted by atomic mass is 10.0. The molecule has 0 aromatic carbocycles. The van der Waals surface area contributed by atoms with Crippen LogP contribution in [0.2, 0.25) is 0 Å². The summed E-state index contributed by atoms with van der Waals surface area (Å²) in [5.74, 6) is 0.802. The summed E-state index contributed by atoms with van der Waals surface area (Å²) >= 11 is 0. The Labute approximate surface area is 125 Å². The van der Waals surface area contributed by atoms with Gasteiger partial charge in [-0.2, -0.15) is 0 Å². The van der Waals surface area contributed by atoms with Gasteiger partial charge in [0.25, 0.3) is 5.91 Å². The van der Waals surface area contributed by atoms with Crippen LogP contribution in [0, 0.1) is 0 Å². The van der Waals surface area contributed by atoms with Crippen LogP contribution in [0.5, 0.6) is 0 Å². The molecule has 1 aliphatic rings. The van der Waals surface area contributed by atoms with Crippen molar-refractivity contribution in [1.82, 2.24) is 9.88 Å². The van der Waals surface area contributed by atoms with Crippen LogP contribution < -0.4 is 10.6 Å². The lowest BCUT2D eigenvalue weighted by Gasteiger charge is -2.43. The highest BCUT2D eigenvalue weighted by molar-refractivity contribution is 5.93. The van der Waals surface area contributed by atoms with Gasteiger partial charge in [0.15, 0.2) is 0 Å².